The molecule has 6 nitrogen and oxygen atoms in total. The minimum absolute atomic E-state index is 0.0257. The number of aromatic amines is 1. The van der Waals surface area contributed by atoms with Crippen molar-refractivity contribution in [2.75, 3.05) is 32.8 Å². The van der Waals surface area contributed by atoms with E-state index < -0.39 is 5.54 Å². The van der Waals surface area contributed by atoms with Crippen molar-refractivity contribution in [2.45, 2.75) is 44.6 Å². The number of halogens is 1. The summed E-state index contributed by atoms with van der Waals surface area (Å²) in [5.41, 5.74) is 2.88. The van der Waals surface area contributed by atoms with Gasteiger partial charge in [0.2, 0.25) is 5.91 Å². The van der Waals surface area contributed by atoms with Crippen molar-refractivity contribution in [3.8, 4) is 0 Å². The first-order chi connectivity index (χ1) is 16.9. The fourth-order valence-electron chi connectivity index (χ4n) is 5.56. The molecule has 0 spiro atoms. The fraction of sp³-hybridized carbons (Fsp3) is 0.429. The van der Waals surface area contributed by atoms with Gasteiger partial charge in [-0.25, -0.2) is 0 Å². The van der Waals surface area contributed by atoms with Gasteiger partial charge in [0.1, 0.15) is 0 Å². The Hall–Kier alpha value is -2.83. The predicted octanol–water partition coefficient (Wildman–Crippen LogP) is 5.06. The lowest BCUT2D eigenvalue weighted by Crippen LogP contribution is -2.67. The van der Waals surface area contributed by atoms with Gasteiger partial charge in [0.05, 0.1) is 12.2 Å². The third-order valence-corrected chi connectivity index (χ3v) is 7.70. The number of carbonyl (C=O) groups is 2. The molecular formula is C28H32ClN3O3. The number of aromatic nitrogens is 1. The number of hydrogen-bond donors (Lipinski definition) is 1. The number of para-hydroxylation sites is 1. The van der Waals surface area contributed by atoms with Crippen LogP contribution in [0.3, 0.4) is 0 Å². The topological polar surface area (TPSA) is 65.6 Å². The van der Waals surface area contributed by atoms with Crippen LogP contribution in [0.2, 0.25) is 5.02 Å². The first-order valence-corrected chi connectivity index (χ1v) is 12.9. The lowest BCUT2D eigenvalue weighted by molar-refractivity contribution is -0.166. The van der Waals surface area contributed by atoms with E-state index in [1.54, 1.807) is 9.80 Å². The van der Waals surface area contributed by atoms with Crippen molar-refractivity contribution < 1.29 is 14.3 Å². The number of fused-ring (bicyclic) bond motifs is 5. The van der Waals surface area contributed by atoms with Gasteiger partial charge in [-0.2, -0.15) is 0 Å². The van der Waals surface area contributed by atoms with Crippen molar-refractivity contribution in [3.05, 3.63) is 70.4 Å². The van der Waals surface area contributed by atoms with Crippen LogP contribution in [0.15, 0.2) is 48.5 Å². The fourth-order valence-corrected chi connectivity index (χ4v) is 5.68. The van der Waals surface area contributed by atoms with Crippen LogP contribution in [0.25, 0.3) is 10.9 Å². The average Bonchev–Trinajstić information content (AvgIpc) is 3.26. The molecule has 1 saturated heterocycles. The zero-order valence-corrected chi connectivity index (χ0v) is 21.1. The van der Waals surface area contributed by atoms with Crippen molar-refractivity contribution in [3.63, 3.8) is 0 Å². The maximum Gasteiger partial charge on any atom is 0.254 e. The van der Waals surface area contributed by atoms with Crippen molar-refractivity contribution in [1.82, 2.24) is 14.8 Å². The maximum atomic E-state index is 14.0. The molecular weight excluding hydrogens is 462 g/mol. The third kappa shape index (κ3) is 4.13. The van der Waals surface area contributed by atoms with E-state index in [0.29, 0.717) is 31.1 Å². The number of rotatable bonds is 8. The molecule has 1 aromatic heterocycles. The Morgan fingerprint density at radius 3 is 2.60 bits per heavy atom. The SMILES string of the molecule is CCCCOCCCN1CC(=O)N2C[C@@H](c3ccc(Cl)cc3)c3c([nH]c4ccccc34)[C@@]2(C)C1=O. The Morgan fingerprint density at radius 2 is 1.83 bits per heavy atom. The maximum absolute atomic E-state index is 14.0. The Bertz CT molecular complexity index is 1240. The molecule has 0 radical (unpaired) electrons. The number of nitrogens with zero attached hydrogens (tertiary/aromatic N) is 2. The normalized spacial score (nSPS) is 22.0. The van der Waals surface area contributed by atoms with Crippen LogP contribution in [0, 0.1) is 0 Å². The molecule has 7 heteroatoms. The van der Waals surface area contributed by atoms with Gasteiger partial charge in [-0.3, -0.25) is 9.59 Å². The van der Waals surface area contributed by atoms with Gasteiger partial charge in [-0.15, -0.1) is 0 Å². The van der Waals surface area contributed by atoms with E-state index in [1.165, 1.54) is 0 Å². The highest BCUT2D eigenvalue weighted by molar-refractivity contribution is 6.30. The molecule has 2 aliphatic rings. The number of nitrogens with one attached hydrogen (secondary N) is 1. The minimum atomic E-state index is -1.07. The summed E-state index contributed by atoms with van der Waals surface area (Å²) in [5.74, 6) is -0.114. The average molecular weight is 494 g/mol. The van der Waals surface area contributed by atoms with E-state index >= 15 is 0 Å². The highest BCUT2D eigenvalue weighted by Crippen LogP contribution is 2.48. The number of ether oxygens (including phenoxy) is 1. The summed E-state index contributed by atoms with van der Waals surface area (Å²) in [7, 11) is 0. The molecule has 35 heavy (non-hydrogen) atoms. The van der Waals surface area contributed by atoms with Gasteiger partial charge >= 0.3 is 0 Å². The molecule has 0 bridgehead atoms. The molecule has 0 saturated carbocycles. The third-order valence-electron chi connectivity index (χ3n) is 7.45. The Kier molecular flexibility index (Phi) is 6.60. The second kappa shape index (κ2) is 9.67. The van der Waals surface area contributed by atoms with Crippen LogP contribution in [0.4, 0.5) is 0 Å². The van der Waals surface area contributed by atoms with Crippen LogP contribution in [0.1, 0.15) is 55.8 Å². The molecule has 184 valence electrons. The summed E-state index contributed by atoms with van der Waals surface area (Å²) in [6, 6.07) is 15.9. The second-order valence-electron chi connectivity index (χ2n) is 9.69. The molecule has 0 aliphatic carbocycles. The highest BCUT2D eigenvalue weighted by Gasteiger charge is 2.56. The summed E-state index contributed by atoms with van der Waals surface area (Å²) in [6.07, 6.45) is 2.84. The van der Waals surface area contributed by atoms with E-state index in [4.69, 9.17) is 16.3 Å². The van der Waals surface area contributed by atoms with Crippen LogP contribution in [0.5, 0.6) is 0 Å². The molecule has 1 fully saturated rings. The number of benzene rings is 2. The molecule has 2 amide bonds. The largest absolute Gasteiger partial charge is 0.381 e. The molecule has 2 aliphatic heterocycles. The van der Waals surface area contributed by atoms with Crippen molar-refractivity contribution in [1.29, 1.82) is 0 Å². The predicted molar refractivity (Wildman–Crippen MR) is 138 cm³/mol. The quantitative estimate of drug-likeness (QED) is 0.446. The van der Waals surface area contributed by atoms with Crippen molar-refractivity contribution >= 4 is 34.3 Å². The van der Waals surface area contributed by atoms with Crippen LogP contribution < -0.4 is 0 Å². The van der Waals surface area contributed by atoms with E-state index in [9.17, 15) is 9.59 Å². The van der Waals surface area contributed by atoms with Gasteiger partial charge in [-0.05, 0) is 49.1 Å². The number of amides is 2. The monoisotopic (exact) mass is 493 g/mol. The van der Waals surface area contributed by atoms with E-state index in [2.05, 4.69) is 18.0 Å². The summed E-state index contributed by atoms with van der Waals surface area (Å²) in [5, 5.41) is 1.76. The standard InChI is InChI=1S/C28H32ClN3O3/c1-3-4-15-35-16-7-14-31-18-24(33)32-17-22(19-10-12-20(29)13-11-19)25-21-8-5-6-9-23(21)30-26(25)28(32,2)27(31)34/h5-6,8-13,22,30H,3-4,7,14-18H2,1-2H3/t22-,28-/m0/s1. The summed E-state index contributed by atoms with van der Waals surface area (Å²) in [4.78, 5) is 34.5. The van der Waals surface area contributed by atoms with Gasteiger partial charge in [0.25, 0.3) is 5.91 Å². The molecule has 1 N–H and O–H groups in total. The summed E-state index contributed by atoms with van der Waals surface area (Å²) >= 11 is 6.16. The van der Waals surface area contributed by atoms with Gasteiger partial charge in [0.15, 0.2) is 5.54 Å². The minimum Gasteiger partial charge on any atom is -0.381 e. The van der Waals surface area contributed by atoms with Crippen LogP contribution in [-0.2, 0) is 19.9 Å². The Labute approximate surface area is 211 Å². The number of piperazine rings is 1. The van der Waals surface area contributed by atoms with Crippen LogP contribution in [-0.4, -0.2) is 59.4 Å². The molecule has 2 atom stereocenters. The summed E-state index contributed by atoms with van der Waals surface area (Å²) in [6.45, 7) is 6.42. The number of carbonyl (C=O) groups excluding carboxylic acids is 2. The van der Waals surface area contributed by atoms with Crippen molar-refractivity contribution in [2.24, 2.45) is 0 Å². The summed E-state index contributed by atoms with van der Waals surface area (Å²) < 4.78 is 5.68. The zero-order chi connectivity index (χ0) is 24.6. The smallest absolute Gasteiger partial charge is 0.254 e. The first kappa shape index (κ1) is 23.9. The highest BCUT2D eigenvalue weighted by atomic mass is 35.5. The van der Waals surface area contributed by atoms with Gasteiger partial charge in [0, 0.05) is 48.1 Å². The lowest BCUT2D eigenvalue weighted by Gasteiger charge is -2.51. The molecule has 3 aromatic rings. The Balaban J connectivity index is 1.52. The van der Waals surface area contributed by atoms with Gasteiger partial charge < -0.3 is 19.5 Å². The molecule has 0 unspecified atom stereocenters. The second-order valence-corrected chi connectivity index (χ2v) is 10.1. The van der Waals surface area contributed by atoms with E-state index in [1.807, 2.05) is 49.4 Å². The first-order valence-electron chi connectivity index (χ1n) is 12.5. The molecule has 3 heterocycles. The number of unbranched alkanes of at least 4 members (excludes halogenated alkanes) is 1. The lowest BCUT2D eigenvalue weighted by atomic mass is 9.76. The zero-order valence-electron chi connectivity index (χ0n) is 20.4. The van der Waals surface area contributed by atoms with E-state index in [0.717, 1.165) is 47.2 Å². The van der Waals surface area contributed by atoms with E-state index in [-0.39, 0.29) is 24.3 Å². The number of hydrogen-bond acceptors (Lipinski definition) is 3. The molecule has 5 rings (SSSR count). The Morgan fingerprint density at radius 1 is 1.09 bits per heavy atom. The van der Waals surface area contributed by atoms with Gasteiger partial charge in [-0.1, -0.05) is 55.3 Å². The number of H-pyrrole nitrogens is 1. The van der Waals surface area contributed by atoms with Crippen LogP contribution >= 0.6 is 11.6 Å². The molecule has 2 aromatic carbocycles.